The summed E-state index contributed by atoms with van der Waals surface area (Å²) in [5.74, 6) is 0. The minimum atomic E-state index is -4.30. The van der Waals surface area contributed by atoms with Crippen molar-refractivity contribution in [3.63, 3.8) is 0 Å². The molecule has 0 N–H and O–H groups in total. The van der Waals surface area contributed by atoms with Crippen LogP contribution in [-0.2, 0) is 25.9 Å². The average Bonchev–Trinajstić information content (AvgIpc) is 2.44. The maximum atomic E-state index is 12.6. The van der Waals surface area contributed by atoms with Gasteiger partial charge >= 0.3 is 15.0 Å². The molecule has 0 aliphatic heterocycles. The van der Waals surface area contributed by atoms with E-state index in [4.69, 9.17) is 13.3 Å². The van der Waals surface area contributed by atoms with E-state index in [1.54, 1.807) is 0 Å². The minimum absolute atomic E-state index is 0.0229. The van der Waals surface area contributed by atoms with Crippen LogP contribution in [0.4, 0.5) is 13.2 Å². The molecule has 0 atom stereocenters. The van der Waals surface area contributed by atoms with Crippen molar-refractivity contribution in [3.05, 3.63) is 35.4 Å². The van der Waals surface area contributed by atoms with Crippen LogP contribution >= 0.6 is 0 Å². The lowest BCUT2D eigenvalue weighted by Gasteiger charge is -2.34. The summed E-state index contributed by atoms with van der Waals surface area (Å²) in [6, 6.07) is 5.94. The van der Waals surface area contributed by atoms with Gasteiger partial charge in [-0.1, -0.05) is 12.1 Å². The maximum Gasteiger partial charge on any atom is 0.501 e. The monoisotopic (exact) mass is 392 g/mol. The highest BCUT2D eigenvalue weighted by Gasteiger charge is 2.43. The molecule has 0 aliphatic rings. The Balaban J connectivity index is 2.78. The first-order valence-electron chi connectivity index (χ1n) is 9.13. The van der Waals surface area contributed by atoms with Gasteiger partial charge in [0.15, 0.2) is 0 Å². The second-order valence-corrected chi connectivity index (χ2v) is 9.80. The molecular formula is C19H31F3O3Si. The van der Waals surface area contributed by atoms with Gasteiger partial charge in [-0.05, 0) is 72.1 Å². The molecule has 3 nitrogen and oxygen atoms in total. The van der Waals surface area contributed by atoms with Crippen LogP contribution in [0.15, 0.2) is 24.3 Å². The van der Waals surface area contributed by atoms with E-state index < -0.39 is 20.5 Å². The van der Waals surface area contributed by atoms with Gasteiger partial charge in [-0.3, -0.25) is 0 Å². The Bertz CT molecular complexity index is 501. The highest BCUT2D eigenvalue weighted by atomic mass is 28.4. The Morgan fingerprint density at radius 1 is 0.808 bits per heavy atom. The van der Waals surface area contributed by atoms with Crippen LogP contribution < -0.4 is 0 Å². The number of aryl methyl sites for hydroxylation is 1. The molecule has 0 saturated heterocycles. The van der Waals surface area contributed by atoms with E-state index in [9.17, 15) is 13.2 Å². The van der Waals surface area contributed by atoms with Crippen molar-refractivity contribution in [1.29, 1.82) is 0 Å². The van der Waals surface area contributed by atoms with Crippen LogP contribution in [0, 0.1) is 0 Å². The van der Waals surface area contributed by atoms with E-state index in [1.165, 1.54) is 12.1 Å². The standard InChI is InChI=1S/C19H31F3O3Si/c1-14(2)23-26(24-15(3)4,25-16(5)6)13-7-8-17-9-11-18(12-10-17)19(20,21)22/h9-12,14-16H,7-8,13H2,1-6H3. The molecule has 7 heteroatoms. The summed E-state index contributed by atoms with van der Waals surface area (Å²) < 4.78 is 56.3. The van der Waals surface area contributed by atoms with E-state index in [2.05, 4.69) is 0 Å². The zero-order valence-corrected chi connectivity index (χ0v) is 17.5. The van der Waals surface area contributed by atoms with Crippen LogP contribution in [0.1, 0.15) is 59.1 Å². The van der Waals surface area contributed by atoms with Crippen molar-refractivity contribution in [2.75, 3.05) is 0 Å². The molecular weight excluding hydrogens is 361 g/mol. The minimum Gasteiger partial charge on any atom is -0.371 e. The lowest BCUT2D eigenvalue weighted by atomic mass is 10.1. The van der Waals surface area contributed by atoms with E-state index >= 15 is 0 Å². The zero-order chi connectivity index (χ0) is 20.0. The predicted octanol–water partition coefficient (Wildman–Crippen LogP) is 5.85. The molecule has 1 aromatic carbocycles. The summed E-state index contributed by atoms with van der Waals surface area (Å²) >= 11 is 0. The highest BCUT2D eigenvalue weighted by molar-refractivity contribution is 6.60. The molecule has 1 rings (SSSR count). The Hall–Kier alpha value is -0.893. The van der Waals surface area contributed by atoms with Gasteiger partial charge in [0.1, 0.15) is 0 Å². The summed E-state index contributed by atoms with van der Waals surface area (Å²) in [6.45, 7) is 11.7. The first-order valence-corrected chi connectivity index (χ1v) is 11.1. The van der Waals surface area contributed by atoms with Crippen molar-refractivity contribution in [3.8, 4) is 0 Å². The van der Waals surface area contributed by atoms with Crippen molar-refractivity contribution >= 4 is 8.80 Å². The second kappa shape index (κ2) is 9.87. The SMILES string of the molecule is CC(C)O[Si](CCCc1ccc(C(F)(F)F)cc1)(OC(C)C)OC(C)C. The third-order valence-electron chi connectivity index (χ3n) is 3.48. The predicted molar refractivity (Wildman–Crippen MR) is 99.0 cm³/mol. The summed E-state index contributed by atoms with van der Waals surface area (Å²) in [5.41, 5.74) is 0.235. The fraction of sp³-hybridized carbons (Fsp3) is 0.684. The van der Waals surface area contributed by atoms with Crippen LogP contribution in [0.25, 0.3) is 0 Å². The molecule has 0 amide bonds. The smallest absolute Gasteiger partial charge is 0.371 e. The fourth-order valence-electron chi connectivity index (χ4n) is 2.71. The van der Waals surface area contributed by atoms with E-state index in [0.29, 0.717) is 12.5 Å². The van der Waals surface area contributed by atoms with Gasteiger partial charge in [0.25, 0.3) is 0 Å². The molecule has 0 saturated carbocycles. The number of hydrogen-bond donors (Lipinski definition) is 0. The lowest BCUT2D eigenvalue weighted by Crippen LogP contribution is -2.50. The van der Waals surface area contributed by atoms with Crippen molar-refractivity contribution in [2.24, 2.45) is 0 Å². The van der Waals surface area contributed by atoms with Crippen LogP contribution in [0.3, 0.4) is 0 Å². The second-order valence-electron chi connectivity index (χ2n) is 7.23. The van der Waals surface area contributed by atoms with Crippen LogP contribution in [-0.4, -0.2) is 27.1 Å². The van der Waals surface area contributed by atoms with Crippen molar-refractivity contribution < 1.29 is 26.4 Å². The van der Waals surface area contributed by atoms with Crippen molar-refractivity contribution in [2.45, 2.75) is 84.9 Å². The Kier molecular flexibility index (Phi) is 8.79. The number of rotatable bonds is 10. The molecule has 0 spiro atoms. The fourth-order valence-corrected chi connectivity index (χ4v) is 5.99. The Morgan fingerprint density at radius 2 is 1.23 bits per heavy atom. The molecule has 0 aliphatic carbocycles. The first-order chi connectivity index (χ1) is 11.9. The van der Waals surface area contributed by atoms with E-state index in [0.717, 1.165) is 24.1 Å². The van der Waals surface area contributed by atoms with Gasteiger partial charge in [-0.15, -0.1) is 0 Å². The van der Waals surface area contributed by atoms with Gasteiger partial charge < -0.3 is 13.3 Å². The summed E-state index contributed by atoms with van der Waals surface area (Å²) in [7, 11) is -2.86. The number of alkyl halides is 3. The summed E-state index contributed by atoms with van der Waals surface area (Å²) in [5, 5.41) is 0. The van der Waals surface area contributed by atoms with Gasteiger partial charge in [0.2, 0.25) is 0 Å². The van der Waals surface area contributed by atoms with Crippen LogP contribution in [0.2, 0.25) is 6.04 Å². The summed E-state index contributed by atoms with van der Waals surface area (Å²) in [4.78, 5) is 0. The molecule has 0 heterocycles. The normalized spacial score (nSPS) is 13.2. The van der Waals surface area contributed by atoms with Gasteiger partial charge in [0.05, 0.1) is 5.56 Å². The Morgan fingerprint density at radius 3 is 1.58 bits per heavy atom. The third-order valence-corrected chi connectivity index (χ3v) is 6.93. The molecule has 0 aromatic heterocycles. The number of benzene rings is 1. The van der Waals surface area contributed by atoms with Gasteiger partial charge in [-0.2, -0.15) is 13.2 Å². The molecule has 1 aromatic rings. The molecule has 26 heavy (non-hydrogen) atoms. The van der Waals surface area contributed by atoms with E-state index in [-0.39, 0.29) is 18.3 Å². The number of halogens is 3. The average molecular weight is 393 g/mol. The largest absolute Gasteiger partial charge is 0.501 e. The van der Waals surface area contributed by atoms with Gasteiger partial charge in [0, 0.05) is 24.4 Å². The molecule has 0 bridgehead atoms. The Labute approximate surface area is 156 Å². The van der Waals surface area contributed by atoms with Crippen molar-refractivity contribution in [1.82, 2.24) is 0 Å². The molecule has 0 radical (unpaired) electrons. The molecule has 0 unspecified atom stereocenters. The molecule has 0 fully saturated rings. The van der Waals surface area contributed by atoms with E-state index in [1.807, 2.05) is 41.5 Å². The zero-order valence-electron chi connectivity index (χ0n) is 16.5. The van der Waals surface area contributed by atoms with Crippen LogP contribution in [0.5, 0.6) is 0 Å². The first kappa shape index (κ1) is 23.1. The maximum absolute atomic E-state index is 12.6. The topological polar surface area (TPSA) is 27.7 Å². The molecule has 150 valence electrons. The third kappa shape index (κ3) is 8.20. The highest BCUT2D eigenvalue weighted by Crippen LogP contribution is 2.30. The summed E-state index contributed by atoms with van der Waals surface area (Å²) in [6.07, 6.45) is -3.00. The van der Waals surface area contributed by atoms with Gasteiger partial charge in [-0.25, -0.2) is 0 Å². The number of hydrogen-bond acceptors (Lipinski definition) is 3. The lowest BCUT2D eigenvalue weighted by molar-refractivity contribution is -0.137. The quantitative estimate of drug-likeness (QED) is 0.467.